The maximum absolute atomic E-state index is 11.4. The van der Waals surface area contributed by atoms with Crippen molar-refractivity contribution in [2.45, 2.75) is 59.3 Å². The van der Waals surface area contributed by atoms with Crippen molar-refractivity contribution in [3.8, 4) is 0 Å². The molecule has 0 N–H and O–H groups in total. The Bertz CT molecular complexity index is 177. The Morgan fingerprint density at radius 2 is 1.59 bits per heavy atom. The summed E-state index contributed by atoms with van der Waals surface area (Å²) in [6, 6.07) is 0. The molecule has 0 amide bonds. The minimum absolute atomic E-state index is 0.0357. The van der Waals surface area contributed by atoms with Crippen molar-refractivity contribution < 1.29 is 9.53 Å². The van der Waals surface area contributed by atoms with Crippen LogP contribution in [0.4, 0.5) is 0 Å². The summed E-state index contributed by atoms with van der Waals surface area (Å²) in [7, 11) is 0. The van der Waals surface area contributed by atoms with E-state index in [0.29, 0.717) is 13.0 Å². The van der Waals surface area contributed by atoms with Crippen LogP contribution in [0.5, 0.6) is 0 Å². The van der Waals surface area contributed by atoms with E-state index in [-0.39, 0.29) is 5.97 Å². The first-order valence-electron chi connectivity index (χ1n) is 7.12. The zero-order valence-electron chi connectivity index (χ0n) is 11.8. The van der Waals surface area contributed by atoms with E-state index in [2.05, 4.69) is 25.7 Å². The molecule has 0 heterocycles. The molecule has 0 saturated carbocycles. The third kappa shape index (κ3) is 10.3. The van der Waals surface area contributed by atoms with Gasteiger partial charge < -0.3 is 4.74 Å². The van der Waals surface area contributed by atoms with Gasteiger partial charge in [0.2, 0.25) is 0 Å². The largest absolute Gasteiger partial charge is 0.464 e. The third-order valence-electron chi connectivity index (χ3n) is 2.73. The molecule has 17 heavy (non-hydrogen) atoms. The fourth-order valence-electron chi connectivity index (χ4n) is 1.85. The Morgan fingerprint density at radius 1 is 0.941 bits per heavy atom. The van der Waals surface area contributed by atoms with Gasteiger partial charge in [-0.25, -0.2) is 0 Å². The van der Waals surface area contributed by atoms with Gasteiger partial charge in [-0.2, -0.15) is 0 Å². The smallest absolute Gasteiger partial charge is 0.305 e. The zero-order chi connectivity index (χ0) is 12.9. The Hall–Kier alpha value is -0.570. The molecule has 0 unspecified atom stereocenters. The van der Waals surface area contributed by atoms with Crippen LogP contribution in [0.15, 0.2) is 0 Å². The molecule has 0 rings (SSSR count). The van der Waals surface area contributed by atoms with Gasteiger partial charge in [0, 0.05) is 13.0 Å². The molecule has 0 aromatic carbocycles. The van der Waals surface area contributed by atoms with E-state index in [9.17, 15) is 4.79 Å². The van der Waals surface area contributed by atoms with Gasteiger partial charge in [0.1, 0.15) is 6.61 Å². The van der Waals surface area contributed by atoms with Crippen LogP contribution in [0.2, 0.25) is 0 Å². The Balaban J connectivity index is 3.54. The van der Waals surface area contributed by atoms with Gasteiger partial charge in [-0.15, -0.1) is 0 Å². The van der Waals surface area contributed by atoms with Crippen LogP contribution in [0.25, 0.3) is 0 Å². The maximum atomic E-state index is 11.4. The highest BCUT2D eigenvalue weighted by Crippen LogP contribution is 2.01. The van der Waals surface area contributed by atoms with Crippen LogP contribution >= 0.6 is 0 Å². The van der Waals surface area contributed by atoms with Crippen molar-refractivity contribution in [1.82, 2.24) is 4.90 Å². The zero-order valence-corrected chi connectivity index (χ0v) is 11.8. The average molecular weight is 243 g/mol. The molecule has 0 aromatic rings. The van der Waals surface area contributed by atoms with Gasteiger partial charge >= 0.3 is 5.97 Å². The number of nitrogens with zero attached hydrogens (tertiary/aromatic N) is 1. The molecule has 0 spiro atoms. The van der Waals surface area contributed by atoms with Crippen molar-refractivity contribution in [2.75, 3.05) is 26.2 Å². The first-order valence-corrected chi connectivity index (χ1v) is 7.12. The monoisotopic (exact) mass is 243 g/mol. The second-order valence-electron chi connectivity index (χ2n) is 4.52. The second kappa shape index (κ2) is 11.9. The topological polar surface area (TPSA) is 29.5 Å². The number of ether oxygens (including phenoxy) is 1. The van der Waals surface area contributed by atoms with Crippen LogP contribution in [0.1, 0.15) is 59.3 Å². The molecule has 0 fully saturated rings. The Labute approximate surface area is 107 Å². The van der Waals surface area contributed by atoms with Gasteiger partial charge in [0.15, 0.2) is 0 Å². The van der Waals surface area contributed by atoms with Gasteiger partial charge in [0.25, 0.3) is 0 Å². The number of hydrogen-bond donors (Lipinski definition) is 0. The normalized spacial score (nSPS) is 10.8. The van der Waals surface area contributed by atoms with Crippen LogP contribution in [-0.4, -0.2) is 37.1 Å². The van der Waals surface area contributed by atoms with Gasteiger partial charge in [0.05, 0.1) is 0 Å². The van der Waals surface area contributed by atoms with Gasteiger partial charge in [-0.3, -0.25) is 9.69 Å². The molecule has 0 bridgehead atoms. The lowest BCUT2D eigenvalue weighted by Crippen LogP contribution is -2.29. The Kier molecular flexibility index (Phi) is 11.5. The van der Waals surface area contributed by atoms with Crippen molar-refractivity contribution in [2.24, 2.45) is 0 Å². The molecule has 0 saturated heterocycles. The lowest BCUT2D eigenvalue weighted by Gasteiger charge is -2.20. The minimum Gasteiger partial charge on any atom is -0.464 e. The van der Waals surface area contributed by atoms with Crippen LogP contribution in [0, 0.1) is 0 Å². The molecule has 0 aliphatic heterocycles. The van der Waals surface area contributed by atoms with E-state index in [4.69, 9.17) is 4.74 Å². The number of hydrogen-bond acceptors (Lipinski definition) is 3. The van der Waals surface area contributed by atoms with Crippen molar-refractivity contribution in [3.63, 3.8) is 0 Å². The quantitative estimate of drug-likeness (QED) is 0.412. The fourth-order valence-corrected chi connectivity index (χ4v) is 1.85. The fraction of sp³-hybridized carbons (Fsp3) is 0.929. The first-order chi connectivity index (χ1) is 8.24. The first kappa shape index (κ1) is 16.4. The minimum atomic E-state index is -0.0357. The maximum Gasteiger partial charge on any atom is 0.305 e. The predicted molar refractivity (Wildman–Crippen MR) is 72.1 cm³/mol. The van der Waals surface area contributed by atoms with E-state index in [1.165, 1.54) is 0 Å². The van der Waals surface area contributed by atoms with Crippen molar-refractivity contribution in [3.05, 3.63) is 0 Å². The summed E-state index contributed by atoms with van der Waals surface area (Å²) >= 11 is 0. The van der Waals surface area contributed by atoms with E-state index in [1.807, 2.05) is 0 Å². The summed E-state index contributed by atoms with van der Waals surface area (Å²) in [5.41, 5.74) is 0. The summed E-state index contributed by atoms with van der Waals surface area (Å²) < 4.78 is 5.23. The standard InChI is InChI=1S/C14H29NO2/c1-4-7-8-9-14(16)17-13-12-15(10-5-2)11-6-3/h4-13H2,1-3H3. The molecule has 3 nitrogen and oxygen atoms in total. The van der Waals surface area contributed by atoms with Gasteiger partial charge in [-0.1, -0.05) is 33.6 Å². The number of esters is 1. The lowest BCUT2D eigenvalue weighted by atomic mass is 10.2. The molecule has 0 aliphatic rings. The highest BCUT2D eigenvalue weighted by molar-refractivity contribution is 5.69. The molecule has 102 valence electrons. The van der Waals surface area contributed by atoms with E-state index in [1.54, 1.807) is 0 Å². The number of carbonyl (C=O) groups is 1. The predicted octanol–water partition coefficient (Wildman–Crippen LogP) is 3.23. The third-order valence-corrected chi connectivity index (χ3v) is 2.73. The summed E-state index contributed by atoms with van der Waals surface area (Å²) in [4.78, 5) is 13.7. The molecule has 0 aromatic heterocycles. The molecule has 0 aliphatic carbocycles. The van der Waals surface area contributed by atoms with E-state index in [0.717, 1.165) is 51.7 Å². The molecule has 0 radical (unpaired) electrons. The molecular weight excluding hydrogens is 214 g/mol. The average Bonchev–Trinajstić information content (AvgIpc) is 2.30. The number of unbranched alkanes of at least 4 members (excludes halogenated alkanes) is 2. The van der Waals surface area contributed by atoms with Gasteiger partial charge in [-0.05, 0) is 32.4 Å². The SMILES string of the molecule is CCCCCC(=O)OCCN(CCC)CCC. The van der Waals surface area contributed by atoms with Crippen molar-refractivity contribution in [1.29, 1.82) is 0 Å². The lowest BCUT2D eigenvalue weighted by molar-refractivity contribution is -0.144. The van der Waals surface area contributed by atoms with Crippen LogP contribution in [0.3, 0.4) is 0 Å². The Morgan fingerprint density at radius 3 is 2.12 bits per heavy atom. The summed E-state index contributed by atoms with van der Waals surface area (Å²) in [6.07, 6.45) is 6.12. The highest BCUT2D eigenvalue weighted by atomic mass is 16.5. The summed E-state index contributed by atoms with van der Waals surface area (Å²) in [5.74, 6) is -0.0357. The van der Waals surface area contributed by atoms with E-state index < -0.39 is 0 Å². The van der Waals surface area contributed by atoms with Crippen LogP contribution < -0.4 is 0 Å². The second-order valence-corrected chi connectivity index (χ2v) is 4.52. The molecule has 3 heteroatoms. The number of carbonyl (C=O) groups excluding carboxylic acids is 1. The number of rotatable bonds is 11. The summed E-state index contributed by atoms with van der Waals surface area (Å²) in [6.45, 7) is 10.1. The van der Waals surface area contributed by atoms with Crippen molar-refractivity contribution >= 4 is 5.97 Å². The molecular formula is C14H29NO2. The van der Waals surface area contributed by atoms with Crippen LogP contribution in [-0.2, 0) is 9.53 Å². The molecule has 0 atom stereocenters. The highest BCUT2D eigenvalue weighted by Gasteiger charge is 2.05. The summed E-state index contributed by atoms with van der Waals surface area (Å²) in [5, 5.41) is 0. The van der Waals surface area contributed by atoms with E-state index >= 15 is 0 Å².